The van der Waals surface area contributed by atoms with Crippen molar-refractivity contribution in [1.29, 1.82) is 5.26 Å². The van der Waals surface area contributed by atoms with Gasteiger partial charge in [-0.05, 0) is 17.7 Å². The molecular weight excluding hydrogens is 176 g/mol. The van der Waals surface area contributed by atoms with Crippen molar-refractivity contribution >= 4 is 6.21 Å². The van der Waals surface area contributed by atoms with E-state index in [2.05, 4.69) is 11.2 Å². The van der Waals surface area contributed by atoms with Crippen molar-refractivity contribution < 1.29 is 4.84 Å². The first kappa shape index (κ1) is 8.76. The molecule has 3 nitrogen and oxygen atoms in total. The van der Waals surface area contributed by atoms with Gasteiger partial charge in [0.25, 0.3) is 0 Å². The Morgan fingerprint density at radius 2 is 2.21 bits per heavy atom. The van der Waals surface area contributed by atoms with Gasteiger partial charge >= 0.3 is 0 Å². The van der Waals surface area contributed by atoms with E-state index in [1.165, 1.54) is 5.56 Å². The zero-order valence-electron chi connectivity index (χ0n) is 7.68. The Morgan fingerprint density at radius 3 is 2.79 bits per heavy atom. The summed E-state index contributed by atoms with van der Waals surface area (Å²) < 4.78 is 0. The van der Waals surface area contributed by atoms with Crippen LogP contribution >= 0.6 is 0 Å². The smallest absolute Gasteiger partial charge is 0.136 e. The molecule has 0 fully saturated rings. The van der Waals surface area contributed by atoms with Gasteiger partial charge in [-0.1, -0.05) is 17.3 Å². The largest absolute Gasteiger partial charge is 0.392 e. The van der Waals surface area contributed by atoms with Crippen LogP contribution in [0.15, 0.2) is 29.4 Å². The molecule has 0 spiro atoms. The second kappa shape index (κ2) is 3.93. The summed E-state index contributed by atoms with van der Waals surface area (Å²) in [6, 6.07) is 9.66. The maximum absolute atomic E-state index is 8.62. The van der Waals surface area contributed by atoms with Crippen LogP contribution in [0.25, 0.3) is 0 Å². The fourth-order valence-corrected chi connectivity index (χ4v) is 1.43. The third-order valence-corrected chi connectivity index (χ3v) is 2.20. The molecule has 0 radical (unpaired) electrons. The first-order valence-corrected chi connectivity index (χ1v) is 4.55. The van der Waals surface area contributed by atoms with Crippen LogP contribution in [0.4, 0.5) is 0 Å². The summed E-state index contributed by atoms with van der Waals surface area (Å²) in [7, 11) is 0. The molecule has 0 amide bonds. The van der Waals surface area contributed by atoms with E-state index in [0.717, 1.165) is 12.8 Å². The summed E-state index contributed by atoms with van der Waals surface area (Å²) in [4.78, 5) is 5.12. The van der Waals surface area contributed by atoms with E-state index in [1.54, 1.807) is 6.21 Å². The number of nitriles is 1. The summed E-state index contributed by atoms with van der Waals surface area (Å²) in [5.74, 6) is 0. The van der Waals surface area contributed by atoms with E-state index < -0.39 is 0 Å². The van der Waals surface area contributed by atoms with Crippen molar-refractivity contribution in [2.45, 2.75) is 18.9 Å². The third kappa shape index (κ3) is 1.91. The Balaban J connectivity index is 2.00. The molecule has 14 heavy (non-hydrogen) atoms. The summed E-state index contributed by atoms with van der Waals surface area (Å²) in [6.07, 6.45) is 3.68. The number of hydrogen-bond donors (Lipinski definition) is 0. The fourth-order valence-electron chi connectivity index (χ4n) is 1.43. The Labute approximate surface area is 82.6 Å². The van der Waals surface area contributed by atoms with E-state index >= 15 is 0 Å². The Bertz CT molecular complexity index is 367. The second-order valence-electron chi connectivity index (χ2n) is 3.26. The standard InChI is InChI=1S/C11H10N2O/c12-8-10-3-1-9(2-4-10)7-11-5-6-13-14-11/h1-4,6,11H,5,7H2. The second-order valence-corrected chi connectivity index (χ2v) is 3.26. The minimum Gasteiger partial charge on any atom is -0.392 e. The van der Waals surface area contributed by atoms with Crippen LogP contribution in [-0.4, -0.2) is 12.3 Å². The van der Waals surface area contributed by atoms with Gasteiger partial charge in [0, 0.05) is 19.1 Å². The number of nitrogens with zero attached hydrogens (tertiary/aromatic N) is 2. The lowest BCUT2D eigenvalue weighted by atomic mass is 10.1. The summed E-state index contributed by atoms with van der Waals surface area (Å²) in [6.45, 7) is 0. The van der Waals surface area contributed by atoms with Gasteiger partial charge in [0.05, 0.1) is 11.6 Å². The number of benzene rings is 1. The maximum Gasteiger partial charge on any atom is 0.136 e. The first-order chi connectivity index (χ1) is 6.88. The average Bonchev–Trinajstić information content (AvgIpc) is 2.72. The van der Waals surface area contributed by atoms with Crippen LogP contribution in [0.3, 0.4) is 0 Å². The van der Waals surface area contributed by atoms with Gasteiger partial charge in [-0.3, -0.25) is 0 Å². The van der Waals surface area contributed by atoms with Crippen LogP contribution < -0.4 is 0 Å². The number of hydrogen-bond acceptors (Lipinski definition) is 3. The lowest BCUT2D eigenvalue weighted by Crippen LogP contribution is -2.08. The molecule has 1 aliphatic heterocycles. The van der Waals surface area contributed by atoms with E-state index in [1.807, 2.05) is 24.3 Å². The molecule has 0 saturated heterocycles. The molecular formula is C11H10N2O. The number of oxime groups is 1. The zero-order chi connectivity index (χ0) is 9.80. The normalized spacial score (nSPS) is 18.9. The van der Waals surface area contributed by atoms with Crippen molar-refractivity contribution in [3.8, 4) is 6.07 Å². The van der Waals surface area contributed by atoms with E-state index in [0.29, 0.717) is 5.56 Å². The van der Waals surface area contributed by atoms with Crippen molar-refractivity contribution in [3.05, 3.63) is 35.4 Å². The molecule has 0 aromatic heterocycles. The minimum absolute atomic E-state index is 0.169. The van der Waals surface area contributed by atoms with Crippen LogP contribution in [0.1, 0.15) is 17.5 Å². The predicted octanol–water partition coefficient (Wildman–Crippen LogP) is 1.88. The SMILES string of the molecule is N#Cc1ccc(CC2CC=NO2)cc1. The first-order valence-electron chi connectivity index (χ1n) is 4.55. The molecule has 0 N–H and O–H groups in total. The highest BCUT2D eigenvalue weighted by Crippen LogP contribution is 2.13. The van der Waals surface area contributed by atoms with Crippen LogP contribution in [0, 0.1) is 11.3 Å². The van der Waals surface area contributed by atoms with Crippen LogP contribution in [0.5, 0.6) is 0 Å². The maximum atomic E-state index is 8.62. The quantitative estimate of drug-likeness (QED) is 0.707. The molecule has 1 unspecified atom stereocenters. The van der Waals surface area contributed by atoms with Gasteiger partial charge in [0.2, 0.25) is 0 Å². The van der Waals surface area contributed by atoms with Gasteiger partial charge < -0.3 is 4.84 Å². The molecule has 0 aliphatic carbocycles. The van der Waals surface area contributed by atoms with Crippen molar-refractivity contribution in [2.75, 3.05) is 0 Å². The molecule has 3 heteroatoms. The monoisotopic (exact) mass is 186 g/mol. The van der Waals surface area contributed by atoms with Crippen LogP contribution in [-0.2, 0) is 11.3 Å². The average molecular weight is 186 g/mol. The molecule has 1 aliphatic rings. The van der Waals surface area contributed by atoms with Crippen LogP contribution in [0.2, 0.25) is 0 Å². The van der Waals surface area contributed by atoms with Gasteiger partial charge in [0.15, 0.2) is 0 Å². The highest BCUT2D eigenvalue weighted by atomic mass is 16.6. The summed E-state index contributed by atoms with van der Waals surface area (Å²) in [5, 5.41) is 12.3. The third-order valence-electron chi connectivity index (χ3n) is 2.20. The van der Waals surface area contributed by atoms with Gasteiger partial charge in [-0.2, -0.15) is 5.26 Å². The van der Waals surface area contributed by atoms with E-state index in [9.17, 15) is 0 Å². The molecule has 1 aromatic rings. The highest BCUT2D eigenvalue weighted by Gasteiger charge is 2.13. The van der Waals surface area contributed by atoms with Crippen molar-refractivity contribution in [3.63, 3.8) is 0 Å². The Morgan fingerprint density at radius 1 is 1.43 bits per heavy atom. The summed E-state index contributed by atoms with van der Waals surface area (Å²) in [5.41, 5.74) is 1.87. The zero-order valence-corrected chi connectivity index (χ0v) is 7.68. The van der Waals surface area contributed by atoms with Gasteiger partial charge in [-0.15, -0.1) is 0 Å². The molecule has 0 saturated carbocycles. The topological polar surface area (TPSA) is 45.4 Å². The lowest BCUT2D eigenvalue weighted by Gasteiger charge is -2.07. The Hall–Kier alpha value is -1.82. The fraction of sp³-hybridized carbons (Fsp3) is 0.273. The molecule has 1 aromatic carbocycles. The van der Waals surface area contributed by atoms with E-state index in [4.69, 9.17) is 10.1 Å². The molecule has 70 valence electrons. The molecule has 1 atom stereocenters. The van der Waals surface area contributed by atoms with E-state index in [-0.39, 0.29) is 6.10 Å². The van der Waals surface area contributed by atoms with Crippen molar-refractivity contribution in [1.82, 2.24) is 0 Å². The number of rotatable bonds is 2. The highest BCUT2D eigenvalue weighted by molar-refractivity contribution is 5.58. The predicted molar refractivity (Wildman–Crippen MR) is 52.8 cm³/mol. The molecule has 2 rings (SSSR count). The minimum atomic E-state index is 0.169. The Kier molecular flexibility index (Phi) is 2.46. The van der Waals surface area contributed by atoms with Gasteiger partial charge in [0.1, 0.15) is 6.10 Å². The van der Waals surface area contributed by atoms with Crippen molar-refractivity contribution in [2.24, 2.45) is 5.16 Å². The lowest BCUT2D eigenvalue weighted by molar-refractivity contribution is 0.0860. The molecule has 1 heterocycles. The molecule has 0 bridgehead atoms. The summed E-state index contributed by atoms with van der Waals surface area (Å²) >= 11 is 0. The van der Waals surface area contributed by atoms with Gasteiger partial charge in [-0.25, -0.2) is 0 Å².